The molecule has 2 bridgehead atoms. The summed E-state index contributed by atoms with van der Waals surface area (Å²) in [5.74, 6) is -0.630. The lowest BCUT2D eigenvalue weighted by molar-refractivity contribution is -0.158. The van der Waals surface area contributed by atoms with Gasteiger partial charge >= 0.3 is 5.97 Å². The molecule has 3 unspecified atom stereocenters. The molecule has 0 fully saturated rings. The van der Waals surface area contributed by atoms with E-state index in [0.29, 0.717) is 20.1 Å². The van der Waals surface area contributed by atoms with E-state index in [1.807, 2.05) is 36.4 Å². The van der Waals surface area contributed by atoms with Crippen LogP contribution in [0.15, 0.2) is 58.3 Å². The van der Waals surface area contributed by atoms with Crippen molar-refractivity contribution in [2.45, 2.75) is 18.7 Å². The zero-order valence-electron chi connectivity index (χ0n) is 16.2. The van der Waals surface area contributed by atoms with Crippen LogP contribution in [0.1, 0.15) is 24.1 Å². The molecule has 0 spiro atoms. The Kier molecular flexibility index (Phi) is 4.34. The van der Waals surface area contributed by atoms with Crippen molar-refractivity contribution in [1.29, 1.82) is 0 Å². The van der Waals surface area contributed by atoms with Gasteiger partial charge in [-0.15, -0.1) is 0 Å². The average Bonchev–Trinajstić information content (AvgIpc) is 3.02. The molecule has 5 rings (SSSR count). The van der Waals surface area contributed by atoms with Gasteiger partial charge in [0, 0.05) is 10.6 Å². The van der Waals surface area contributed by atoms with Crippen molar-refractivity contribution in [3.05, 3.63) is 84.4 Å². The predicted octanol–water partition coefficient (Wildman–Crippen LogP) is 2.51. The van der Waals surface area contributed by atoms with E-state index < -0.39 is 23.7 Å². The molecule has 3 aromatic rings. The number of carbonyl (C=O) groups excluding carboxylic acids is 1. The van der Waals surface area contributed by atoms with Gasteiger partial charge in [0.1, 0.15) is 11.7 Å². The largest absolute Gasteiger partial charge is 0.469 e. The fraction of sp³-hybridized carbons (Fsp3) is 0.227. The van der Waals surface area contributed by atoms with Gasteiger partial charge in [-0.1, -0.05) is 53.3 Å². The molecule has 0 saturated carbocycles. The summed E-state index contributed by atoms with van der Waals surface area (Å²) in [6, 6.07) is 14.1. The highest BCUT2D eigenvalue weighted by atomic mass is 35.5. The van der Waals surface area contributed by atoms with E-state index in [2.05, 4.69) is 0 Å². The third-order valence-electron chi connectivity index (χ3n) is 5.50. The number of esters is 1. The first-order chi connectivity index (χ1) is 14.4. The fourth-order valence-corrected chi connectivity index (χ4v) is 5.37. The van der Waals surface area contributed by atoms with Crippen LogP contribution in [-0.2, 0) is 9.53 Å². The third kappa shape index (κ3) is 2.80. The van der Waals surface area contributed by atoms with Gasteiger partial charge in [-0.05, 0) is 36.8 Å². The van der Waals surface area contributed by atoms with Crippen molar-refractivity contribution < 1.29 is 14.3 Å². The highest BCUT2D eigenvalue weighted by molar-refractivity contribution is 7.07. The lowest BCUT2D eigenvalue weighted by atomic mass is 9.81. The van der Waals surface area contributed by atoms with Gasteiger partial charge in [-0.3, -0.25) is 14.2 Å². The van der Waals surface area contributed by atoms with Crippen LogP contribution in [0.3, 0.4) is 0 Å². The lowest BCUT2D eigenvalue weighted by Crippen LogP contribution is -2.58. The van der Waals surface area contributed by atoms with E-state index in [4.69, 9.17) is 26.1 Å². The Morgan fingerprint density at radius 3 is 2.73 bits per heavy atom. The van der Waals surface area contributed by atoms with E-state index in [1.165, 1.54) is 18.4 Å². The first kappa shape index (κ1) is 19.1. The topological polar surface area (TPSA) is 69.9 Å². The second-order valence-corrected chi connectivity index (χ2v) is 8.82. The highest BCUT2D eigenvalue weighted by Gasteiger charge is 2.55. The number of halogens is 1. The summed E-state index contributed by atoms with van der Waals surface area (Å²) in [5.41, 5.74) is 0.248. The fourth-order valence-electron chi connectivity index (χ4n) is 4.14. The molecule has 1 aromatic heterocycles. The normalized spacial score (nSPS) is 24.3. The molecule has 0 radical (unpaired) electrons. The minimum absolute atomic E-state index is 0.202. The summed E-state index contributed by atoms with van der Waals surface area (Å²) in [6.45, 7) is 1.76. The highest BCUT2D eigenvalue weighted by Crippen LogP contribution is 2.47. The van der Waals surface area contributed by atoms with Gasteiger partial charge in [-0.25, -0.2) is 4.99 Å². The smallest absolute Gasteiger partial charge is 0.317 e. The van der Waals surface area contributed by atoms with Crippen molar-refractivity contribution >= 4 is 35.0 Å². The van der Waals surface area contributed by atoms with Crippen LogP contribution in [-0.4, -0.2) is 23.4 Å². The van der Waals surface area contributed by atoms with Gasteiger partial charge in [0.2, 0.25) is 5.72 Å². The zero-order chi connectivity index (χ0) is 21.0. The summed E-state index contributed by atoms with van der Waals surface area (Å²) in [5, 5.41) is 0.626. The van der Waals surface area contributed by atoms with Crippen LogP contribution in [0.25, 0.3) is 6.08 Å². The van der Waals surface area contributed by atoms with Gasteiger partial charge in [-0.2, -0.15) is 0 Å². The van der Waals surface area contributed by atoms with Gasteiger partial charge < -0.3 is 9.47 Å². The number of ether oxygens (including phenoxy) is 2. The quantitative estimate of drug-likeness (QED) is 0.574. The zero-order valence-corrected chi connectivity index (χ0v) is 17.7. The Morgan fingerprint density at radius 1 is 1.27 bits per heavy atom. The number of aromatic nitrogens is 1. The van der Waals surface area contributed by atoms with Crippen LogP contribution < -0.4 is 19.6 Å². The molecule has 2 aliphatic heterocycles. The maximum atomic E-state index is 13.4. The van der Waals surface area contributed by atoms with Crippen molar-refractivity contribution in [3.8, 4) is 5.75 Å². The first-order valence-corrected chi connectivity index (χ1v) is 10.5. The number of fused-ring (bicyclic) bond motifs is 6. The van der Waals surface area contributed by atoms with E-state index in [9.17, 15) is 9.59 Å². The summed E-state index contributed by atoms with van der Waals surface area (Å²) in [4.78, 5) is 31.4. The maximum absolute atomic E-state index is 13.4. The molecule has 0 amide bonds. The van der Waals surface area contributed by atoms with E-state index in [0.717, 1.165) is 11.1 Å². The molecular weight excluding hydrogens is 424 g/mol. The van der Waals surface area contributed by atoms with Crippen molar-refractivity contribution in [2.75, 3.05) is 7.11 Å². The number of para-hydroxylation sites is 1. The van der Waals surface area contributed by atoms with Crippen molar-refractivity contribution in [2.24, 2.45) is 10.9 Å². The Bertz CT molecular complexity index is 1340. The van der Waals surface area contributed by atoms with E-state index >= 15 is 0 Å². The molecule has 0 N–H and O–H groups in total. The second kappa shape index (κ2) is 6.82. The summed E-state index contributed by atoms with van der Waals surface area (Å²) >= 11 is 7.24. The number of nitrogens with zero attached hydrogens (tertiary/aromatic N) is 2. The van der Waals surface area contributed by atoms with Gasteiger partial charge in [0.05, 0.1) is 17.7 Å². The summed E-state index contributed by atoms with van der Waals surface area (Å²) in [7, 11) is 1.33. The standard InChI is InChI=1S/C22H17ClN2O4S/c1-22-17(20(27)28-2)18(14-5-3-4-6-15(14)29-22)25-19(26)16(30-21(25)24-22)11-12-7-9-13(23)10-8-12/h3-11,17-18H,1-2H3/b16-11-. The van der Waals surface area contributed by atoms with Crippen LogP contribution in [0.2, 0.25) is 5.02 Å². The molecule has 6 nitrogen and oxygen atoms in total. The molecule has 3 heterocycles. The van der Waals surface area contributed by atoms with Gasteiger partial charge in [0.15, 0.2) is 4.80 Å². The van der Waals surface area contributed by atoms with Crippen LogP contribution in [0, 0.1) is 5.92 Å². The SMILES string of the molecule is COC(=O)C1C2c3ccccc3OC1(C)N=c1s/c(=C\c3ccc(Cl)cc3)c(=O)n12. The molecule has 0 saturated heterocycles. The number of thiazole rings is 1. The number of methoxy groups -OCH3 is 1. The average molecular weight is 441 g/mol. The molecule has 2 aliphatic rings. The van der Waals surface area contributed by atoms with Crippen LogP contribution >= 0.6 is 22.9 Å². The number of rotatable bonds is 2. The summed E-state index contributed by atoms with van der Waals surface area (Å²) in [6.07, 6.45) is 1.80. The Morgan fingerprint density at radius 2 is 2.00 bits per heavy atom. The number of hydrogen-bond donors (Lipinski definition) is 0. The molecule has 30 heavy (non-hydrogen) atoms. The maximum Gasteiger partial charge on any atom is 0.317 e. The molecule has 2 aromatic carbocycles. The second-order valence-electron chi connectivity index (χ2n) is 7.37. The monoisotopic (exact) mass is 440 g/mol. The van der Waals surface area contributed by atoms with E-state index in [-0.39, 0.29) is 5.56 Å². The molecule has 152 valence electrons. The van der Waals surface area contributed by atoms with Crippen molar-refractivity contribution in [1.82, 2.24) is 4.57 Å². The minimum atomic E-state index is -1.17. The molecular formula is C22H17ClN2O4S. The van der Waals surface area contributed by atoms with Crippen LogP contribution in [0.5, 0.6) is 5.75 Å². The van der Waals surface area contributed by atoms with Crippen molar-refractivity contribution in [3.63, 3.8) is 0 Å². The Hall–Kier alpha value is -2.90. The third-order valence-corrected chi connectivity index (χ3v) is 6.74. The number of carbonyl (C=O) groups is 1. The Balaban J connectivity index is 1.79. The van der Waals surface area contributed by atoms with Gasteiger partial charge in [0.25, 0.3) is 5.56 Å². The minimum Gasteiger partial charge on any atom is -0.469 e. The number of hydrogen-bond acceptors (Lipinski definition) is 6. The first-order valence-electron chi connectivity index (χ1n) is 9.35. The molecule has 3 atom stereocenters. The lowest BCUT2D eigenvalue weighted by Gasteiger charge is -2.44. The predicted molar refractivity (Wildman–Crippen MR) is 113 cm³/mol. The number of benzene rings is 2. The molecule has 8 heteroatoms. The van der Waals surface area contributed by atoms with E-state index in [1.54, 1.807) is 29.7 Å². The Labute approximate surface area is 180 Å². The summed E-state index contributed by atoms with van der Waals surface area (Å²) < 4.78 is 13.3. The molecule has 0 aliphatic carbocycles. The van der Waals surface area contributed by atoms with Crippen LogP contribution in [0.4, 0.5) is 0 Å².